The lowest BCUT2D eigenvalue weighted by Crippen LogP contribution is -2.26. The average molecular weight is 313 g/mol. The van der Waals surface area contributed by atoms with Crippen molar-refractivity contribution in [3.8, 4) is 0 Å². The summed E-state index contributed by atoms with van der Waals surface area (Å²) in [6.45, 7) is 10.1. The van der Waals surface area contributed by atoms with Crippen molar-refractivity contribution in [3.05, 3.63) is 32.5 Å². The highest BCUT2D eigenvalue weighted by molar-refractivity contribution is 7.11. The van der Waals surface area contributed by atoms with Crippen LogP contribution in [0.5, 0.6) is 0 Å². The van der Waals surface area contributed by atoms with Crippen molar-refractivity contribution in [2.24, 2.45) is 0 Å². The van der Waals surface area contributed by atoms with Crippen LogP contribution in [0.3, 0.4) is 0 Å². The summed E-state index contributed by atoms with van der Waals surface area (Å²) in [6.07, 6.45) is 2.80. The number of halogens is 1. The van der Waals surface area contributed by atoms with Gasteiger partial charge in [-0.2, -0.15) is 5.10 Å². The maximum Gasteiger partial charge on any atom is 0.0900 e. The predicted molar refractivity (Wildman–Crippen MR) is 84.6 cm³/mol. The fourth-order valence-electron chi connectivity index (χ4n) is 2.33. The van der Waals surface area contributed by atoms with Crippen LogP contribution in [0.1, 0.15) is 47.6 Å². The van der Waals surface area contributed by atoms with E-state index >= 15 is 0 Å². The number of aromatic nitrogens is 3. The summed E-state index contributed by atoms with van der Waals surface area (Å²) in [6, 6.07) is 0.0658. The van der Waals surface area contributed by atoms with E-state index in [-0.39, 0.29) is 6.04 Å². The van der Waals surface area contributed by atoms with Crippen molar-refractivity contribution in [1.82, 2.24) is 20.1 Å². The van der Waals surface area contributed by atoms with E-state index in [4.69, 9.17) is 11.6 Å². The Morgan fingerprint density at radius 3 is 2.70 bits per heavy atom. The Bertz CT molecular complexity index is 576. The number of rotatable bonds is 6. The van der Waals surface area contributed by atoms with E-state index in [2.05, 4.69) is 36.2 Å². The number of hydrogen-bond donors (Lipinski definition) is 1. The van der Waals surface area contributed by atoms with Gasteiger partial charge in [-0.3, -0.25) is 4.68 Å². The number of nitrogens with one attached hydrogen (secondary N) is 1. The molecule has 0 aliphatic carbocycles. The quantitative estimate of drug-likeness (QED) is 0.884. The molecule has 0 aliphatic rings. The molecule has 1 N–H and O–H groups in total. The minimum atomic E-state index is 0.0658. The normalized spacial score (nSPS) is 12.8. The van der Waals surface area contributed by atoms with E-state index in [0.29, 0.717) is 5.02 Å². The lowest BCUT2D eigenvalue weighted by Gasteiger charge is -2.19. The smallest absolute Gasteiger partial charge is 0.0900 e. The van der Waals surface area contributed by atoms with Crippen LogP contribution in [0.15, 0.2) is 6.20 Å². The maximum atomic E-state index is 6.37. The maximum absolute atomic E-state index is 6.37. The zero-order valence-corrected chi connectivity index (χ0v) is 14.0. The number of aryl methyl sites for hydroxylation is 3. The Hall–Kier alpha value is -0.910. The highest BCUT2D eigenvalue weighted by Gasteiger charge is 2.25. The summed E-state index contributed by atoms with van der Waals surface area (Å²) in [5.41, 5.74) is 2.11. The van der Waals surface area contributed by atoms with Gasteiger partial charge in [0.05, 0.1) is 38.5 Å². The van der Waals surface area contributed by atoms with E-state index in [0.717, 1.165) is 35.9 Å². The van der Waals surface area contributed by atoms with Crippen molar-refractivity contribution in [1.29, 1.82) is 0 Å². The standard InChI is InChI=1S/C14H21ClN4S/c1-5-7-16-12(14-9(3)18-10(4)20-14)13-11(15)8-17-19(13)6-2/h8,12,16H,5-7H2,1-4H3. The van der Waals surface area contributed by atoms with Crippen LogP contribution in [0.25, 0.3) is 0 Å². The van der Waals surface area contributed by atoms with Crippen molar-refractivity contribution in [2.75, 3.05) is 6.54 Å². The van der Waals surface area contributed by atoms with Crippen LogP contribution in [-0.4, -0.2) is 21.3 Å². The summed E-state index contributed by atoms with van der Waals surface area (Å²) in [5.74, 6) is 0. The lowest BCUT2D eigenvalue weighted by atomic mass is 10.1. The first-order chi connectivity index (χ1) is 9.58. The van der Waals surface area contributed by atoms with Gasteiger partial charge in [-0.15, -0.1) is 11.3 Å². The lowest BCUT2D eigenvalue weighted by molar-refractivity contribution is 0.533. The Morgan fingerprint density at radius 1 is 1.40 bits per heavy atom. The highest BCUT2D eigenvalue weighted by Crippen LogP contribution is 2.33. The Labute approximate surface area is 129 Å². The minimum absolute atomic E-state index is 0.0658. The van der Waals surface area contributed by atoms with Gasteiger partial charge in [0.2, 0.25) is 0 Å². The molecule has 20 heavy (non-hydrogen) atoms. The van der Waals surface area contributed by atoms with E-state index in [9.17, 15) is 0 Å². The molecule has 4 nitrogen and oxygen atoms in total. The molecular weight excluding hydrogens is 292 g/mol. The topological polar surface area (TPSA) is 42.7 Å². The molecule has 1 atom stereocenters. The molecule has 0 aliphatic heterocycles. The van der Waals surface area contributed by atoms with Crippen LogP contribution in [0.4, 0.5) is 0 Å². The van der Waals surface area contributed by atoms with Crippen LogP contribution >= 0.6 is 22.9 Å². The zero-order chi connectivity index (χ0) is 14.7. The van der Waals surface area contributed by atoms with Gasteiger partial charge in [-0.1, -0.05) is 18.5 Å². The molecule has 0 radical (unpaired) electrons. The molecule has 2 aromatic rings. The molecule has 110 valence electrons. The van der Waals surface area contributed by atoms with Gasteiger partial charge in [-0.25, -0.2) is 4.98 Å². The second kappa shape index (κ2) is 6.70. The second-order valence-corrected chi connectivity index (χ2v) is 6.41. The van der Waals surface area contributed by atoms with Crippen molar-refractivity contribution >= 4 is 22.9 Å². The van der Waals surface area contributed by atoms with Crippen molar-refractivity contribution in [3.63, 3.8) is 0 Å². The summed E-state index contributed by atoms with van der Waals surface area (Å²) >= 11 is 8.09. The third-order valence-electron chi connectivity index (χ3n) is 3.21. The van der Waals surface area contributed by atoms with Gasteiger partial charge in [-0.05, 0) is 33.7 Å². The summed E-state index contributed by atoms with van der Waals surface area (Å²) in [5, 5.41) is 9.73. The fraction of sp³-hybridized carbons (Fsp3) is 0.571. The van der Waals surface area contributed by atoms with Gasteiger partial charge < -0.3 is 5.32 Å². The third kappa shape index (κ3) is 3.05. The van der Waals surface area contributed by atoms with Crippen LogP contribution in [-0.2, 0) is 6.54 Å². The summed E-state index contributed by atoms with van der Waals surface area (Å²) in [7, 11) is 0. The van der Waals surface area contributed by atoms with Crippen LogP contribution < -0.4 is 5.32 Å². The molecule has 2 rings (SSSR count). The second-order valence-electron chi connectivity index (χ2n) is 4.76. The molecule has 0 spiro atoms. The number of hydrogen-bond acceptors (Lipinski definition) is 4. The van der Waals surface area contributed by atoms with E-state index in [1.54, 1.807) is 17.5 Å². The van der Waals surface area contributed by atoms with E-state index in [1.165, 1.54) is 4.88 Å². The summed E-state index contributed by atoms with van der Waals surface area (Å²) < 4.78 is 1.96. The Morgan fingerprint density at radius 2 is 2.15 bits per heavy atom. The van der Waals surface area contributed by atoms with E-state index in [1.807, 2.05) is 11.6 Å². The molecule has 0 bridgehead atoms. The van der Waals surface area contributed by atoms with Crippen molar-refractivity contribution < 1.29 is 0 Å². The molecule has 0 aromatic carbocycles. The zero-order valence-electron chi connectivity index (χ0n) is 12.4. The fourth-order valence-corrected chi connectivity index (χ4v) is 3.59. The Kier molecular flexibility index (Phi) is 5.18. The minimum Gasteiger partial charge on any atom is -0.304 e. The number of thiazole rings is 1. The van der Waals surface area contributed by atoms with Gasteiger partial charge in [0.1, 0.15) is 0 Å². The van der Waals surface area contributed by atoms with Crippen LogP contribution in [0.2, 0.25) is 5.02 Å². The van der Waals surface area contributed by atoms with Crippen molar-refractivity contribution in [2.45, 2.75) is 46.7 Å². The van der Waals surface area contributed by atoms with E-state index < -0.39 is 0 Å². The molecule has 0 saturated heterocycles. The Balaban J connectivity index is 2.46. The molecular formula is C14H21ClN4S. The molecule has 0 saturated carbocycles. The van der Waals surface area contributed by atoms with Gasteiger partial charge >= 0.3 is 0 Å². The van der Waals surface area contributed by atoms with Crippen LogP contribution in [0, 0.1) is 13.8 Å². The first kappa shape index (κ1) is 15.5. The number of nitrogens with zero attached hydrogens (tertiary/aromatic N) is 3. The first-order valence-corrected chi connectivity index (χ1v) is 8.16. The van der Waals surface area contributed by atoms with Gasteiger partial charge in [0.25, 0.3) is 0 Å². The predicted octanol–water partition coefficient (Wildman–Crippen LogP) is 3.72. The SMILES string of the molecule is CCCNC(c1sc(C)nc1C)c1c(Cl)cnn1CC. The summed E-state index contributed by atoms with van der Waals surface area (Å²) in [4.78, 5) is 5.77. The monoisotopic (exact) mass is 312 g/mol. The molecule has 2 heterocycles. The molecule has 0 amide bonds. The largest absolute Gasteiger partial charge is 0.304 e. The molecule has 0 fully saturated rings. The molecule has 1 unspecified atom stereocenters. The van der Waals surface area contributed by atoms with Gasteiger partial charge in [0, 0.05) is 6.54 Å². The average Bonchev–Trinajstić information content (AvgIpc) is 2.94. The first-order valence-electron chi connectivity index (χ1n) is 6.96. The molecule has 6 heteroatoms. The highest BCUT2D eigenvalue weighted by atomic mass is 35.5. The molecule has 2 aromatic heterocycles. The van der Waals surface area contributed by atoms with Gasteiger partial charge in [0.15, 0.2) is 0 Å². The third-order valence-corrected chi connectivity index (χ3v) is 4.64.